The quantitative estimate of drug-likeness (QED) is 0.393. The van der Waals surface area contributed by atoms with Crippen molar-refractivity contribution < 1.29 is 38.4 Å². The maximum absolute atomic E-state index is 13.1. The zero-order valence-electron chi connectivity index (χ0n) is 23.3. The van der Waals surface area contributed by atoms with Gasteiger partial charge < -0.3 is 34.1 Å². The predicted molar refractivity (Wildman–Crippen MR) is 148 cm³/mol. The van der Waals surface area contributed by atoms with Crippen LogP contribution < -0.4 is 14.8 Å². The topological polar surface area (TPSA) is 108 Å². The van der Waals surface area contributed by atoms with Crippen LogP contribution in [0.25, 0.3) is 0 Å². The molecule has 3 aliphatic heterocycles. The smallest absolute Gasteiger partial charge is 0.407 e. The average Bonchev–Trinajstić information content (AvgIpc) is 3.74. The minimum atomic E-state index is -0.927. The van der Waals surface area contributed by atoms with Crippen LogP contribution in [0.1, 0.15) is 43.2 Å². The molecule has 1 amide bonds. The lowest BCUT2D eigenvalue weighted by Gasteiger charge is -2.31. The van der Waals surface area contributed by atoms with Gasteiger partial charge in [0.15, 0.2) is 17.8 Å². The van der Waals surface area contributed by atoms with Gasteiger partial charge in [-0.05, 0) is 48.9 Å². The van der Waals surface area contributed by atoms with Gasteiger partial charge in [0, 0.05) is 6.54 Å². The highest BCUT2D eigenvalue weighted by Gasteiger charge is 2.44. The number of benzene rings is 2. The van der Waals surface area contributed by atoms with Crippen LogP contribution in [0, 0.1) is 5.92 Å². The van der Waals surface area contributed by atoms with Crippen molar-refractivity contribution in [2.45, 2.75) is 75.7 Å². The highest BCUT2D eigenvalue weighted by Crippen LogP contribution is 2.33. The van der Waals surface area contributed by atoms with E-state index in [1.54, 1.807) is 0 Å². The number of aliphatic hydroxyl groups excluding tert-OH is 1. The van der Waals surface area contributed by atoms with Gasteiger partial charge in [-0.15, -0.1) is 0 Å². The highest BCUT2D eigenvalue weighted by atomic mass is 16.7. The lowest BCUT2D eigenvalue weighted by atomic mass is 10.0. The predicted octanol–water partition coefficient (Wildman–Crippen LogP) is 3.59. The molecule has 2 aromatic rings. The summed E-state index contributed by atoms with van der Waals surface area (Å²) < 4.78 is 28.4. The number of nitrogens with one attached hydrogen (secondary N) is 1. The Morgan fingerprint density at radius 3 is 2.61 bits per heavy atom. The second-order valence-corrected chi connectivity index (χ2v) is 11.3. The zero-order valence-corrected chi connectivity index (χ0v) is 23.3. The fraction of sp³-hybridized carbons (Fsp3) is 0.581. The third-order valence-electron chi connectivity index (χ3n) is 8.27. The summed E-state index contributed by atoms with van der Waals surface area (Å²) in [6.07, 6.45) is 3.41. The van der Waals surface area contributed by atoms with E-state index in [9.17, 15) is 9.90 Å². The number of nitrogens with zero attached hydrogens (tertiary/aromatic N) is 1. The van der Waals surface area contributed by atoms with Gasteiger partial charge >= 0.3 is 6.09 Å². The maximum atomic E-state index is 13.1. The van der Waals surface area contributed by atoms with Crippen LogP contribution in [0.4, 0.5) is 4.79 Å². The van der Waals surface area contributed by atoms with Crippen LogP contribution in [0.2, 0.25) is 0 Å². The van der Waals surface area contributed by atoms with E-state index in [1.165, 1.54) is 0 Å². The molecule has 0 bridgehead atoms. The van der Waals surface area contributed by atoms with Gasteiger partial charge in [0.1, 0.15) is 19.3 Å². The fourth-order valence-electron chi connectivity index (χ4n) is 6.10. The summed E-state index contributed by atoms with van der Waals surface area (Å²) in [6, 6.07) is 15.1. The van der Waals surface area contributed by atoms with E-state index < -0.39 is 18.2 Å². The first-order valence-corrected chi connectivity index (χ1v) is 14.8. The minimum absolute atomic E-state index is 0.0412. The molecule has 5 unspecified atom stereocenters. The number of amides is 1. The second-order valence-electron chi connectivity index (χ2n) is 11.3. The van der Waals surface area contributed by atoms with E-state index in [0.29, 0.717) is 45.1 Å². The van der Waals surface area contributed by atoms with E-state index in [0.717, 1.165) is 49.0 Å². The molecule has 222 valence electrons. The standard InChI is InChI=1S/C31H40N2O8/c34-26(19-33(41-23-8-4-5-9-23)18-22-10-11-27-28(17-22)37-15-14-36-27)25(16-21-6-2-1-3-7-21)32-31(35)40-29-20-39-30-24(29)12-13-38-30/h1-3,6-7,10-11,17,23-26,29-30,34H,4-5,8-9,12-16,18-20H2,(H,32,35). The molecule has 1 saturated carbocycles. The van der Waals surface area contributed by atoms with Crippen molar-refractivity contribution in [3.63, 3.8) is 0 Å². The Morgan fingerprint density at radius 2 is 1.78 bits per heavy atom. The lowest BCUT2D eigenvalue weighted by Crippen LogP contribution is -2.50. The summed E-state index contributed by atoms with van der Waals surface area (Å²) in [7, 11) is 0. The van der Waals surface area contributed by atoms with E-state index in [1.807, 2.05) is 53.6 Å². The molecule has 1 aliphatic carbocycles. The highest BCUT2D eigenvalue weighted by molar-refractivity contribution is 5.68. The average molecular weight is 569 g/mol. The molecule has 3 heterocycles. The summed E-state index contributed by atoms with van der Waals surface area (Å²) in [5.74, 6) is 1.49. The van der Waals surface area contributed by atoms with Crippen LogP contribution in [-0.2, 0) is 32.0 Å². The number of aliphatic hydroxyl groups is 1. The zero-order chi connectivity index (χ0) is 28.0. The number of carbonyl (C=O) groups is 1. The molecule has 2 aromatic carbocycles. The lowest BCUT2D eigenvalue weighted by molar-refractivity contribution is -0.214. The first-order chi connectivity index (χ1) is 20.1. The molecule has 4 aliphatic rings. The van der Waals surface area contributed by atoms with Gasteiger partial charge in [0.05, 0.1) is 43.9 Å². The van der Waals surface area contributed by atoms with Crippen molar-refractivity contribution >= 4 is 6.09 Å². The third kappa shape index (κ3) is 7.31. The largest absolute Gasteiger partial charge is 0.486 e. The summed E-state index contributed by atoms with van der Waals surface area (Å²) in [5, 5.41) is 16.3. The van der Waals surface area contributed by atoms with Gasteiger partial charge in [-0.3, -0.25) is 4.84 Å². The number of carbonyl (C=O) groups excluding carboxylic acids is 1. The Hall–Kier alpha value is -2.89. The normalized spacial score (nSPS) is 25.2. The fourth-order valence-corrected chi connectivity index (χ4v) is 6.10. The van der Waals surface area contributed by atoms with Crippen molar-refractivity contribution in [3.05, 3.63) is 59.7 Å². The second kappa shape index (κ2) is 13.4. The minimum Gasteiger partial charge on any atom is -0.486 e. The SMILES string of the molecule is O=C(NC(Cc1ccccc1)C(O)CN(Cc1ccc2c(c1)OCCO2)OC1CCCC1)OC1COC2OCCC12. The van der Waals surface area contributed by atoms with E-state index >= 15 is 0 Å². The maximum Gasteiger partial charge on any atom is 0.407 e. The van der Waals surface area contributed by atoms with Crippen molar-refractivity contribution in [1.29, 1.82) is 0 Å². The number of rotatable bonds is 11. The number of alkyl carbamates (subject to hydrolysis) is 1. The number of fused-ring (bicyclic) bond motifs is 2. The summed E-state index contributed by atoms with van der Waals surface area (Å²) >= 11 is 0. The Bertz CT molecular complexity index is 1140. The van der Waals surface area contributed by atoms with E-state index in [4.69, 9.17) is 28.5 Å². The Kier molecular flexibility index (Phi) is 9.22. The van der Waals surface area contributed by atoms with Crippen LogP contribution in [0.15, 0.2) is 48.5 Å². The van der Waals surface area contributed by atoms with Crippen LogP contribution in [0.5, 0.6) is 11.5 Å². The van der Waals surface area contributed by atoms with Gasteiger partial charge in [-0.2, -0.15) is 5.06 Å². The number of hydroxylamine groups is 2. The molecule has 0 aromatic heterocycles. The Morgan fingerprint density at radius 1 is 0.976 bits per heavy atom. The van der Waals surface area contributed by atoms with Crippen molar-refractivity contribution in [1.82, 2.24) is 10.4 Å². The molecule has 3 fully saturated rings. The molecular weight excluding hydrogens is 528 g/mol. The number of hydrogen-bond acceptors (Lipinski definition) is 9. The van der Waals surface area contributed by atoms with Crippen molar-refractivity contribution in [2.24, 2.45) is 5.92 Å². The van der Waals surface area contributed by atoms with Gasteiger partial charge in [-0.25, -0.2) is 4.79 Å². The Balaban J connectivity index is 1.15. The molecule has 41 heavy (non-hydrogen) atoms. The van der Waals surface area contributed by atoms with E-state index in [-0.39, 0.29) is 31.0 Å². The molecule has 2 N–H and O–H groups in total. The molecule has 5 atom stereocenters. The van der Waals surface area contributed by atoms with Crippen molar-refractivity contribution in [2.75, 3.05) is 33.0 Å². The summed E-state index contributed by atoms with van der Waals surface area (Å²) in [5.41, 5.74) is 1.99. The van der Waals surface area contributed by atoms with Crippen LogP contribution in [-0.4, -0.2) is 79.9 Å². The van der Waals surface area contributed by atoms with Crippen molar-refractivity contribution in [3.8, 4) is 11.5 Å². The molecule has 6 rings (SSSR count). The summed E-state index contributed by atoms with van der Waals surface area (Å²) in [4.78, 5) is 19.5. The summed E-state index contributed by atoms with van der Waals surface area (Å²) in [6.45, 7) is 2.63. The molecular formula is C31H40N2O8. The molecule has 0 spiro atoms. The van der Waals surface area contributed by atoms with Gasteiger partial charge in [-0.1, -0.05) is 49.2 Å². The molecule has 2 saturated heterocycles. The molecule has 10 heteroatoms. The first-order valence-electron chi connectivity index (χ1n) is 14.8. The molecule has 0 radical (unpaired) electrons. The monoisotopic (exact) mass is 568 g/mol. The van der Waals surface area contributed by atoms with Gasteiger partial charge in [0.25, 0.3) is 0 Å². The molecule has 10 nitrogen and oxygen atoms in total. The third-order valence-corrected chi connectivity index (χ3v) is 8.27. The Labute approximate surface area is 240 Å². The first kappa shape index (κ1) is 28.2. The van der Waals surface area contributed by atoms with Crippen LogP contribution >= 0.6 is 0 Å². The number of hydrogen-bond donors (Lipinski definition) is 2. The van der Waals surface area contributed by atoms with Gasteiger partial charge in [0.2, 0.25) is 0 Å². The number of ether oxygens (including phenoxy) is 5. The van der Waals surface area contributed by atoms with E-state index in [2.05, 4.69) is 5.32 Å². The van der Waals surface area contributed by atoms with Crippen LogP contribution in [0.3, 0.4) is 0 Å².